The first-order chi connectivity index (χ1) is 22.9. The first kappa shape index (κ1) is 36.6. The van der Waals surface area contributed by atoms with Crippen LogP contribution in [0.5, 0.6) is 11.5 Å². The number of hydrogen-bond donors (Lipinski definition) is 2. The molecule has 48 heavy (non-hydrogen) atoms. The summed E-state index contributed by atoms with van der Waals surface area (Å²) in [6.07, 6.45) is 5.61. The van der Waals surface area contributed by atoms with Gasteiger partial charge in [-0.15, -0.1) is 0 Å². The van der Waals surface area contributed by atoms with Crippen LogP contribution >= 0.6 is 0 Å². The Morgan fingerprint density at radius 2 is 1.77 bits per heavy atom. The molecule has 0 bridgehead atoms. The number of nitrogens with one attached hydrogen (secondary N) is 1. The van der Waals surface area contributed by atoms with Gasteiger partial charge in [0.15, 0.2) is 0 Å². The van der Waals surface area contributed by atoms with Crippen molar-refractivity contribution in [3.05, 3.63) is 59.2 Å². The monoisotopic (exact) mass is 665 g/mol. The number of methoxy groups -OCH3 is 1. The number of carboxylic acid groups (broad SMARTS) is 1. The van der Waals surface area contributed by atoms with E-state index >= 15 is 0 Å². The van der Waals surface area contributed by atoms with Crippen molar-refractivity contribution >= 4 is 23.9 Å². The third-order valence-electron chi connectivity index (χ3n) is 8.98. The number of carboxylic acids is 1. The van der Waals surface area contributed by atoms with Gasteiger partial charge in [-0.25, -0.2) is 9.59 Å². The number of ether oxygens (including phenoxy) is 3. The van der Waals surface area contributed by atoms with Crippen molar-refractivity contribution in [1.29, 1.82) is 0 Å². The van der Waals surface area contributed by atoms with Gasteiger partial charge in [0.25, 0.3) is 5.91 Å². The zero-order valence-corrected chi connectivity index (χ0v) is 29.0. The average Bonchev–Trinajstić information content (AvgIpc) is 3.07. The summed E-state index contributed by atoms with van der Waals surface area (Å²) in [5.74, 6) is -0.530. The summed E-state index contributed by atoms with van der Waals surface area (Å²) in [6, 6.07) is 11.7. The lowest BCUT2D eigenvalue weighted by Gasteiger charge is -2.35. The number of carbonyl (C=O) groups excluding carboxylic acids is 3. The molecule has 1 aliphatic heterocycles. The van der Waals surface area contributed by atoms with Crippen LogP contribution in [0, 0.1) is 5.92 Å². The first-order valence-electron chi connectivity index (χ1n) is 17.1. The third kappa shape index (κ3) is 10.1. The van der Waals surface area contributed by atoms with Gasteiger partial charge in [0.2, 0.25) is 5.91 Å². The minimum Gasteiger partial charge on any atom is -0.497 e. The van der Waals surface area contributed by atoms with Gasteiger partial charge in [-0.2, -0.15) is 0 Å². The molecule has 0 radical (unpaired) electrons. The molecule has 2 aromatic carbocycles. The van der Waals surface area contributed by atoms with Crippen LogP contribution < -0.4 is 14.8 Å². The number of carbonyl (C=O) groups is 4. The van der Waals surface area contributed by atoms with E-state index in [0.717, 1.165) is 56.1 Å². The van der Waals surface area contributed by atoms with E-state index in [9.17, 15) is 24.3 Å². The lowest BCUT2D eigenvalue weighted by atomic mass is 9.83. The molecule has 2 aliphatic rings. The lowest BCUT2D eigenvalue weighted by molar-refractivity contribution is -0.141. The Bertz CT molecular complexity index is 1430. The summed E-state index contributed by atoms with van der Waals surface area (Å²) in [5.41, 5.74) is 1.28. The van der Waals surface area contributed by atoms with Crippen LogP contribution in [0.4, 0.5) is 4.79 Å². The summed E-state index contributed by atoms with van der Waals surface area (Å²) >= 11 is 0. The number of likely N-dealkylation sites (tertiary alicyclic amines) is 1. The molecule has 4 rings (SSSR count). The van der Waals surface area contributed by atoms with Crippen LogP contribution in [0.1, 0.15) is 100 Å². The Balaban J connectivity index is 1.47. The van der Waals surface area contributed by atoms with Gasteiger partial charge in [-0.3, -0.25) is 14.5 Å². The van der Waals surface area contributed by atoms with Gasteiger partial charge in [-0.1, -0.05) is 31.4 Å². The molecule has 11 nitrogen and oxygen atoms in total. The maximum atomic E-state index is 13.8. The quantitative estimate of drug-likeness (QED) is 0.282. The summed E-state index contributed by atoms with van der Waals surface area (Å²) in [5, 5.41) is 12.6. The minimum atomic E-state index is -1.01. The molecule has 3 amide bonds. The minimum absolute atomic E-state index is 0.0230. The van der Waals surface area contributed by atoms with Gasteiger partial charge in [-0.05, 0) is 89.1 Å². The largest absolute Gasteiger partial charge is 0.497 e. The number of benzene rings is 2. The zero-order chi connectivity index (χ0) is 34.8. The predicted molar refractivity (Wildman–Crippen MR) is 181 cm³/mol. The van der Waals surface area contributed by atoms with Crippen LogP contribution in [0.3, 0.4) is 0 Å². The van der Waals surface area contributed by atoms with E-state index in [4.69, 9.17) is 14.2 Å². The normalized spacial score (nSPS) is 17.6. The van der Waals surface area contributed by atoms with E-state index in [2.05, 4.69) is 5.32 Å². The second-order valence-corrected chi connectivity index (χ2v) is 13.7. The summed E-state index contributed by atoms with van der Waals surface area (Å²) in [7, 11) is 1.57. The van der Waals surface area contributed by atoms with Gasteiger partial charge < -0.3 is 29.5 Å². The van der Waals surface area contributed by atoms with Crippen molar-refractivity contribution in [2.75, 3.05) is 33.4 Å². The zero-order valence-electron chi connectivity index (χ0n) is 29.0. The molecule has 0 spiro atoms. The SMILES string of the molecule is CCOc1cc(OC)ccc1CN(CC(=O)N1CCCC(c2cccc(C(=O)N[C@H](C(=O)O)C3CCCCC3)c2)C1)C(=O)OC(C)(C)C. The van der Waals surface area contributed by atoms with Crippen LogP contribution in [0.2, 0.25) is 0 Å². The molecule has 2 fully saturated rings. The van der Waals surface area contributed by atoms with E-state index < -0.39 is 29.6 Å². The van der Waals surface area contributed by atoms with Crippen molar-refractivity contribution in [1.82, 2.24) is 15.1 Å². The molecule has 1 saturated heterocycles. The number of nitrogens with zero attached hydrogens (tertiary/aromatic N) is 2. The van der Waals surface area contributed by atoms with Gasteiger partial charge in [0, 0.05) is 36.2 Å². The summed E-state index contributed by atoms with van der Waals surface area (Å²) < 4.78 is 16.9. The second-order valence-electron chi connectivity index (χ2n) is 13.7. The molecule has 1 heterocycles. The summed E-state index contributed by atoms with van der Waals surface area (Å²) in [6.45, 7) is 8.54. The van der Waals surface area contributed by atoms with Crippen molar-refractivity contribution < 1.29 is 38.5 Å². The first-order valence-corrected chi connectivity index (χ1v) is 17.1. The molecule has 1 saturated carbocycles. The molecule has 2 N–H and O–H groups in total. The highest BCUT2D eigenvalue weighted by Gasteiger charge is 2.32. The summed E-state index contributed by atoms with van der Waals surface area (Å²) in [4.78, 5) is 55.6. The molecular weight excluding hydrogens is 614 g/mol. The number of piperidine rings is 1. The second kappa shape index (κ2) is 16.7. The molecule has 1 aliphatic carbocycles. The van der Waals surface area contributed by atoms with E-state index in [-0.39, 0.29) is 30.8 Å². The lowest BCUT2D eigenvalue weighted by Crippen LogP contribution is -2.47. The van der Waals surface area contributed by atoms with Crippen molar-refractivity contribution in [3.8, 4) is 11.5 Å². The van der Waals surface area contributed by atoms with Crippen molar-refractivity contribution in [2.45, 2.75) is 96.7 Å². The Hall–Kier alpha value is -4.28. The maximum Gasteiger partial charge on any atom is 0.411 e. The van der Waals surface area contributed by atoms with E-state index in [0.29, 0.717) is 36.8 Å². The third-order valence-corrected chi connectivity index (χ3v) is 8.98. The molecule has 1 unspecified atom stereocenters. The molecule has 2 atom stereocenters. The fraction of sp³-hybridized carbons (Fsp3) is 0.568. The van der Waals surface area contributed by atoms with Crippen LogP contribution in [-0.2, 0) is 20.9 Å². The van der Waals surface area contributed by atoms with E-state index in [1.54, 1.807) is 63.1 Å². The number of amides is 3. The average molecular weight is 666 g/mol. The van der Waals surface area contributed by atoms with Crippen molar-refractivity contribution in [3.63, 3.8) is 0 Å². The molecular formula is C37H51N3O8. The van der Waals surface area contributed by atoms with E-state index in [1.165, 1.54) is 4.90 Å². The van der Waals surface area contributed by atoms with Crippen LogP contribution in [0.25, 0.3) is 0 Å². The fourth-order valence-electron chi connectivity index (χ4n) is 6.55. The predicted octanol–water partition coefficient (Wildman–Crippen LogP) is 6.00. The smallest absolute Gasteiger partial charge is 0.411 e. The molecule has 0 aromatic heterocycles. The highest BCUT2D eigenvalue weighted by Crippen LogP contribution is 2.30. The number of rotatable bonds is 12. The number of aliphatic carboxylic acids is 1. The molecule has 2 aromatic rings. The Labute approximate surface area is 283 Å². The Morgan fingerprint density at radius 1 is 1.02 bits per heavy atom. The Kier molecular flexibility index (Phi) is 12.7. The maximum absolute atomic E-state index is 13.8. The molecule has 11 heteroatoms. The van der Waals surface area contributed by atoms with Crippen LogP contribution in [0.15, 0.2) is 42.5 Å². The highest BCUT2D eigenvalue weighted by atomic mass is 16.6. The van der Waals surface area contributed by atoms with Crippen LogP contribution in [-0.4, -0.2) is 83.8 Å². The molecule has 262 valence electrons. The van der Waals surface area contributed by atoms with E-state index in [1.807, 2.05) is 19.1 Å². The number of hydrogen-bond acceptors (Lipinski definition) is 7. The topological polar surface area (TPSA) is 135 Å². The fourth-order valence-corrected chi connectivity index (χ4v) is 6.55. The van der Waals surface area contributed by atoms with Gasteiger partial charge in [0.05, 0.1) is 20.3 Å². The Morgan fingerprint density at radius 3 is 2.44 bits per heavy atom. The van der Waals surface area contributed by atoms with Gasteiger partial charge >= 0.3 is 12.1 Å². The standard InChI is InChI=1S/C37H51N3O8/c1-6-47-31-21-30(46-5)18-17-29(31)23-40(36(45)48-37(2,3)4)24-32(41)39-19-11-16-28(22-39)26-14-10-15-27(20-26)34(42)38-33(35(43)44)25-12-8-7-9-13-25/h10,14-15,17-18,20-21,25,28,33H,6-9,11-13,16,19,22-24H2,1-5H3,(H,38,42)(H,43,44)/t28?,33-/m0/s1. The highest BCUT2D eigenvalue weighted by molar-refractivity contribution is 5.96. The van der Waals surface area contributed by atoms with Crippen molar-refractivity contribution in [2.24, 2.45) is 5.92 Å². The van der Waals surface area contributed by atoms with Gasteiger partial charge in [0.1, 0.15) is 29.7 Å².